The van der Waals surface area contributed by atoms with Crippen LogP contribution < -0.4 is 0 Å². The molecule has 0 heterocycles. The van der Waals surface area contributed by atoms with E-state index in [4.69, 9.17) is 10.2 Å². The molecule has 0 aromatic carbocycles. The van der Waals surface area contributed by atoms with Crippen LogP contribution in [0.2, 0.25) is 0 Å². The van der Waals surface area contributed by atoms with Crippen LogP contribution in [0, 0.1) is 5.41 Å². The molecule has 0 aromatic heterocycles. The van der Waals surface area contributed by atoms with Crippen LogP contribution in [0.15, 0.2) is 0 Å². The Morgan fingerprint density at radius 2 is 1.75 bits per heavy atom. The molecule has 0 bridgehead atoms. The van der Waals surface area contributed by atoms with E-state index in [1.54, 1.807) is 0 Å². The Bertz CT molecular complexity index is 279. The number of carboxylic acids is 2. The fourth-order valence-corrected chi connectivity index (χ4v) is 2.12. The molecule has 4 N–H and O–H groups in total. The first-order valence-corrected chi connectivity index (χ1v) is 5.20. The first kappa shape index (κ1) is 12.9. The molecule has 0 aromatic rings. The van der Waals surface area contributed by atoms with Crippen LogP contribution in [0.3, 0.4) is 0 Å². The normalized spacial score (nSPS) is 32.0. The molecule has 0 unspecified atom stereocenters. The van der Waals surface area contributed by atoms with E-state index in [2.05, 4.69) is 0 Å². The topological polar surface area (TPSA) is 115 Å². The van der Waals surface area contributed by atoms with Gasteiger partial charge in [-0.25, -0.2) is 4.79 Å². The summed E-state index contributed by atoms with van der Waals surface area (Å²) in [5.74, 6) is -2.51. The lowest BCUT2D eigenvalue weighted by Gasteiger charge is -2.35. The van der Waals surface area contributed by atoms with E-state index >= 15 is 0 Å². The summed E-state index contributed by atoms with van der Waals surface area (Å²) in [4.78, 5) is 21.7. The summed E-state index contributed by atoms with van der Waals surface area (Å²) >= 11 is 0. The second kappa shape index (κ2) is 4.80. The van der Waals surface area contributed by atoms with E-state index in [-0.39, 0.29) is 19.3 Å². The summed E-state index contributed by atoms with van der Waals surface area (Å²) < 4.78 is 0. The smallest absolute Gasteiger partial charge is 0.332 e. The first-order chi connectivity index (χ1) is 7.37. The Morgan fingerprint density at radius 1 is 1.25 bits per heavy atom. The van der Waals surface area contributed by atoms with Crippen molar-refractivity contribution in [1.29, 1.82) is 0 Å². The van der Waals surface area contributed by atoms with Crippen LogP contribution in [0.25, 0.3) is 0 Å². The van der Waals surface area contributed by atoms with E-state index < -0.39 is 29.6 Å². The largest absolute Gasteiger partial charge is 0.481 e. The van der Waals surface area contributed by atoms with E-state index in [0.717, 1.165) is 0 Å². The van der Waals surface area contributed by atoms with Crippen LogP contribution in [0.5, 0.6) is 0 Å². The summed E-state index contributed by atoms with van der Waals surface area (Å²) in [7, 11) is 0. The molecule has 16 heavy (non-hydrogen) atoms. The average molecular weight is 232 g/mol. The zero-order valence-electron chi connectivity index (χ0n) is 8.80. The van der Waals surface area contributed by atoms with Crippen molar-refractivity contribution in [2.45, 2.75) is 44.3 Å². The van der Waals surface area contributed by atoms with Gasteiger partial charge in [-0.15, -0.1) is 0 Å². The molecular weight excluding hydrogens is 216 g/mol. The highest BCUT2D eigenvalue weighted by atomic mass is 16.4. The zero-order valence-corrected chi connectivity index (χ0v) is 8.80. The third-order valence-electron chi connectivity index (χ3n) is 3.24. The van der Waals surface area contributed by atoms with Crippen LogP contribution >= 0.6 is 0 Å². The Balaban J connectivity index is 2.74. The van der Waals surface area contributed by atoms with Crippen molar-refractivity contribution in [2.75, 3.05) is 0 Å². The van der Waals surface area contributed by atoms with E-state index in [1.807, 2.05) is 0 Å². The van der Waals surface area contributed by atoms with Crippen molar-refractivity contribution >= 4 is 11.9 Å². The van der Waals surface area contributed by atoms with Crippen molar-refractivity contribution in [3.63, 3.8) is 0 Å². The summed E-state index contributed by atoms with van der Waals surface area (Å²) in [6.07, 6.45) is -1.41. The molecule has 1 rings (SSSR count). The van der Waals surface area contributed by atoms with Gasteiger partial charge in [0.25, 0.3) is 0 Å². The molecule has 6 nitrogen and oxygen atoms in total. The molecule has 0 aliphatic heterocycles. The summed E-state index contributed by atoms with van der Waals surface area (Å²) in [6, 6.07) is 0. The number of rotatable bonds is 4. The second-order valence-corrected chi connectivity index (χ2v) is 4.37. The SMILES string of the molecule is O=C(O)[C@@H](O)CC1(C(=O)O)CCC(O)CC1. The minimum atomic E-state index is -1.66. The van der Waals surface area contributed by atoms with Crippen molar-refractivity contribution in [1.82, 2.24) is 0 Å². The number of carboxylic acid groups (broad SMARTS) is 2. The highest BCUT2D eigenvalue weighted by Crippen LogP contribution is 2.40. The maximum absolute atomic E-state index is 11.2. The lowest BCUT2D eigenvalue weighted by atomic mass is 9.70. The highest BCUT2D eigenvalue weighted by Gasteiger charge is 2.44. The Labute approximate surface area is 92.5 Å². The molecule has 1 saturated carbocycles. The van der Waals surface area contributed by atoms with Gasteiger partial charge in [0.1, 0.15) is 0 Å². The van der Waals surface area contributed by atoms with Gasteiger partial charge in [0, 0.05) is 6.42 Å². The molecule has 0 saturated heterocycles. The molecule has 1 fully saturated rings. The minimum Gasteiger partial charge on any atom is -0.481 e. The molecule has 6 heteroatoms. The molecular formula is C10H16O6. The predicted molar refractivity (Wildman–Crippen MR) is 52.8 cm³/mol. The van der Waals surface area contributed by atoms with Gasteiger partial charge in [0.15, 0.2) is 6.10 Å². The Hall–Kier alpha value is -1.14. The maximum atomic E-state index is 11.2. The van der Waals surface area contributed by atoms with Crippen molar-refractivity contribution < 1.29 is 30.0 Å². The number of aliphatic hydroxyl groups is 2. The van der Waals surface area contributed by atoms with Gasteiger partial charge in [-0.05, 0) is 25.7 Å². The predicted octanol–water partition coefficient (Wildman–Crippen LogP) is -0.172. The standard InChI is InChI=1S/C10H16O6/c11-6-1-3-10(4-2-6,9(15)16)5-7(12)8(13)14/h6-7,11-12H,1-5H2,(H,13,14)(H,15,16)/t6?,7-,10?/m0/s1. The van der Waals surface area contributed by atoms with Gasteiger partial charge < -0.3 is 20.4 Å². The van der Waals surface area contributed by atoms with Crippen molar-refractivity contribution in [3.8, 4) is 0 Å². The monoisotopic (exact) mass is 232 g/mol. The molecule has 0 amide bonds. The molecule has 1 aliphatic carbocycles. The first-order valence-electron chi connectivity index (χ1n) is 5.20. The van der Waals surface area contributed by atoms with Gasteiger partial charge in [-0.1, -0.05) is 0 Å². The minimum absolute atomic E-state index is 0.202. The van der Waals surface area contributed by atoms with Gasteiger partial charge in [-0.2, -0.15) is 0 Å². The van der Waals surface area contributed by atoms with Crippen LogP contribution in [0.4, 0.5) is 0 Å². The lowest BCUT2D eigenvalue weighted by molar-refractivity contribution is -0.159. The summed E-state index contributed by atoms with van der Waals surface area (Å²) in [5, 5.41) is 36.2. The van der Waals surface area contributed by atoms with Crippen LogP contribution in [-0.2, 0) is 9.59 Å². The molecule has 0 radical (unpaired) electrons. The highest BCUT2D eigenvalue weighted by molar-refractivity contribution is 5.77. The van der Waals surface area contributed by atoms with E-state index in [1.165, 1.54) is 0 Å². The fourth-order valence-electron chi connectivity index (χ4n) is 2.12. The van der Waals surface area contributed by atoms with Gasteiger partial charge in [-0.3, -0.25) is 4.79 Å². The number of carbonyl (C=O) groups is 2. The van der Waals surface area contributed by atoms with E-state index in [0.29, 0.717) is 12.8 Å². The van der Waals surface area contributed by atoms with Crippen molar-refractivity contribution in [3.05, 3.63) is 0 Å². The van der Waals surface area contributed by atoms with Gasteiger partial charge >= 0.3 is 11.9 Å². The fraction of sp³-hybridized carbons (Fsp3) is 0.800. The third-order valence-corrected chi connectivity index (χ3v) is 3.24. The Kier molecular flexibility index (Phi) is 3.88. The average Bonchev–Trinajstić information content (AvgIpc) is 2.21. The summed E-state index contributed by atoms with van der Waals surface area (Å²) in [5.41, 5.74) is -1.21. The lowest BCUT2D eigenvalue weighted by Crippen LogP contribution is -2.41. The van der Waals surface area contributed by atoms with E-state index in [9.17, 15) is 19.8 Å². The molecule has 1 atom stereocenters. The second-order valence-electron chi connectivity index (χ2n) is 4.37. The van der Waals surface area contributed by atoms with Gasteiger partial charge in [0.05, 0.1) is 11.5 Å². The third kappa shape index (κ3) is 2.70. The summed E-state index contributed by atoms with van der Waals surface area (Å²) in [6.45, 7) is 0. The number of hydrogen-bond donors (Lipinski definition) is 4. The van der Waals surface area contributed by atoms with Crippen molar-refractivity contribution in [2.24, 2.45) is 5.41 Å². The number of aliphatic hydroxyl groups excluding tert-OH is 2. The number of hydrogen-bond acceptors (Lipinski definition) is 4. The van der Waals surface area contributed by atoms with Gasteiger partial charge in [0.2, 0.25) is 0 Å². The molecule has 0 spiro atoms. The zero-order chi connectivity index (χ0) is 12.3. The molecule has 92 valence electrons. The quantitative estimate of drug-likeness (QED) is 0.535. The maximum Gasteiger partial charge on any atom is 0.332 e. The van der Waals surface area contributed by atoms with Crippen LogP contribution in [-0.4, -0.2) is 44.6 Å². The van der Waals surface area contributed by atoms with Crippen LogP contribution in [0.1, 0.15) is 32.1 Å². The number of aliphatic carboxylic acids is 2. The Morgan fingerprint density at radius 3 is 2.12 bits per heavy atom. The molecule has 1 aliphatic rings.